The van der Waals surface area contributed by atoms with Crippen molar-refractivity contribution in [3.63, 3.8) is 0 Å². The van der Waals surface area contributed by atoms with E-state index in [2.05, 4.69) is 57.3 Å². The molecule has 2 heteroatoms. The van der Waals surface area contributed by atoms with Gasteiger partial charge >= 0.3 is 0 Å². The molecule has 100 valence electrons. The fourth-order valence-corrected chi connectivity index (χ4v) is 3.05. The van der Waals surface area contributed by atoms with Crippen molar-refractivity contribution in [1.29, 1.82) is 0 Å². The van der Waals surface area contributed by atoms with E-state index in [1.807, 2.05) is 0 Å². The summed E-state index contributed by atoms with van der Waals surface area (Å²) in [5.74, 6) is 0. The largest absolute Gasteiger partial charge is 0.330 e. The molecule has 1 aliphatic carbocycles. The van der Waals surface area contributed by atoms with Gasteiger partial charge < -0.3 is 11.1 Å². The molecule has 1 aromatic rings. The van der Waals surface area contributed by atoms with E-state index in [-0.39, 0.29) is 0 Å². The van der Waals surface area contributed by atoms with E-state index < -0.39 is 0 Å². The van der Waals surface area contributed by atoms with Crippen molar-refractivity contribution in [1.82, 2.24) is 5.32 Å². The Bertz CT molecular complexity index is 407. The summed E-state index contributed by atoms with van der Waals surface area (Å²) >= 11 is 0. The van der Waals surface area contributed by atoms with Crippen LogP contribution in [0.2, 0.25) is 0 Å². The normalized spacial score (nSPS) is 20.9. The fraction of sp³-hybridized carbons (Fsp3) is 0.625. The van der Waals surface area contributed by atoms with Gasteiger partial charge in [0.2, 0.25) is 0 Å². The lowest BCUT2D eigenvalue weighted by Crippen LogP contribution is -2.22. The highest BCUT2D eigenvalue weighted by Gasteiger charge is 2.64. The first-order valence-corrected chi connectivity index (χ1v) is 6.91. The van der Waals surface area contributed by atoms with Crippen molar-refractivity contribution in [3.05, 3.63) is 35.4 Å². The molecule has 0 atom stereocenters. The Morgan fingerprint density at radius 3 is 2.11 bits per heavy atom. The molecule has 1 saturated carbocycles. The Hall–Kier alpha value is -0.860. The van der Waals surface area contributed by atoms with E-state index in [0.29, 0.717) is 16.9 Å². The molecule has 0 radical (unpaired) electrons. The van der Waals surface area contributed by atoms with E-state index >= 15 is 0 Å². The molecule has 0 amide bonds. The second-order valence-corrected chi connectivity index (χ2v) is 6.56. The predicted molar refractivity (Wildman–Crippen MR) is 77.4 cm³/mol. The van der Waals surface area contributed by atoms with Crippen LogP contribution in [-0.2, 0) is 13.0 Å². The van der Waals surface area contributed by atoms with Crippen molar-refractivity contribution in [2.24, 2.45) is 16.6 Å². The number of hydrogen-bond acceptors (Lipinski definition) is 2. The molecule has 0 aromatic heterocycles. The van der Waals surface area contributed by atoms with Gasteiger partial charge in [0.1, 0.15) is 0 Å². The average Bonchev–Trinajstić information content (AvgIpc) is 2.69. The summed E-state index contributed by atoms with van der Waals surface area (Å²) < 4.78 is 0. The molecule has 0 aliphatic heterocycles. The van der Waals surface area contributed by atoms with Crippen LogP contribution in [0.1, 0.15) is 38.8 Å². The van der Waals surface area contributed by atoms with Crippen LogP contribution < -0.4 is 11.1 Å². The summed E-state index contributed by atoms with van der Waals surface area (Å²) in [5.41, 5.74) is 9.23. The van der Waals surface area contributed by atoms with Crippen LogP contribution in [0.5, 0.6) is 0 Å². The maximum Gasteiger partial charge on any atom is 0.0211 e. The monoisotopic (exact) mass is 246 g/mol. The number of nitrogens with two attached hydrogens (primary N) is 1. The lowest BCUT2D eigenvalue weighted by Gasteiger charge is -2.11. The summed E-state index contributed by atoms with van der Waals surface area (Å²) in [4.78, 5) is 0. The molecular weight excluding hydrogens is 220 g/mol. The lowest BCUT2D eigenvalue weighted by molar-refractivity contribution is 0.457. The summed E-state index contributed by atoms with van der Waals surface area (Å²) in [6.45, 7) is 11.0. The molecular formula is C16H26N2. The zero-order valence-corrected chi connectivity index (χ0v) is 12.1. The Balaban J connectivity index is 2.00. The zero-order chi connectivity index (χ0) is 13.4. The van der Waals surface area contributed by atoms with Crippen LogP contribution in [-0.4, -0.2) is 12.6 Å². The van der Waals surface area contributed by atoms with E-state index in [9.17, 15) is 0 Å². The van der Waals surface area contributed by atoms with E-state index in [0.717, 1.165) is 19.5 Å². The fourth-order valence-electron chi connectivity index (χ4n) is 3.05. The molecule has 3 N–H and O–H groups in total. The molecule has 1 aliphatic rings. The maximum absolute atomic E-state index is 5.66. The minimum Gasteiger partial charge on any atom is -0.330 e. The van der Waals surface area contributed by atoms with Gasteiger partial charge in [-0.2, -0.15) is 0 Å². The van der Waals surface area contributed by atoms with Gasteiger partial charge in [-0.15, -0.1) is 0 Å². The molecule has 0 bridgehead atoms. The minimum atomic E-state index is 0.399. The van der Waals surface area contributed by atoms with Gasteiger partial charge in [-0.25, -0.2) is 0 Å². The highest BCUT2D eigenvalue weighted by Crippen LogP contribution is 2.62. The first-order valence-electron chi connectivity index (χ1n) is 6.91. The lowest BCUT2D eigenvalue weighted by atomic mass is 10.0. The van der Waals surface area contributed by atoms with Crippen LogP contribution in [0.15, 0.2) is 24.3 Å². The van der Waals surface area contributed by atoms with Crippen LogP contribution in [0.3, 0.4) is 0 Å². The number of hydrogen-bond donors (Lipinski definition) is 2. The second kappa shape index (κ2) is 4.67. The highest BCUT2D eigenvalue weighted by atomic mass is 15.0. The van der Waals surface area contributed by atoms with Crippen LogP contribution >= 0.6 is 0 Å². The molecule has 0 heterocycles. The first-order chi connectivity index (χ1) is 8.41. The third-order valence-electron chi connectivity index (χ3n) is 5.05. The zero-order valence-electron chi connectivity index (χ0n) is 12.1. The van der Waals surface area contributed by atoms with Crippen molar-refractivity contribution >= 4 is 0 Å². The van der Waals surface area contributed by atoms with Crippen molar-refractivity contribution in [2.45, 2.75) is 46.7 Å². The second-order valence-electron chi connectivity index (χ2n) is 6.56. The first kappa shape index (κ1) is 13.6. The van der Waals surface area contributed by atoms with Crippen LogP contribution in [0.4, 0.5) is 0 Å². The van der Waals surface area contributed by atoms with Gasteiger partial charge in [-0.05, 0) is 34.9 Å². The molecule has 1 fully saturated rings. The summed E-state index contributed by atoms with van der Waals surface area (Å²) in [7, 11) is 0. The van der Waals surface area contributed by atoms with E-state index in [1.54, 1.807) is 0 Å². The number of rotatable bonds is 5. The minimum absolute atomic E-state index is 0.399. The van der Waals surface area contributed by atoms with Gasteiger partial charge in [0.05, 0.1) is 0 Å². The standard InChI is InChI=1S/C16H26N2/c1-15(2)14(16(15,3)4)18-11-13-8-6-5-7-12(13)9-10-17/h5-8,14,18H,9-11,17H2,1-4H3. The quantitative estimate of drug-likeness (QED) is 0.838. The third kappa shape index (κ3) is 2.19. The molecule has 1 aromatic carbocycles. The SMILES string of the molecule is CC1(C)C(NCc2ccccc2CCN)C1(C)C. The smallest absolute Gasteiger partial charge is 0.0211 e. The maximum atomic E-state index is 5.66. The molecule has 0 saturated heterocycles. The van der Waals surface area contributed by atoms with Crippen LogP contribution in [0, 0.1) is 10.8 Å². The van der Waals surface area contributed by atoms with Crippen molar-refractivity contribution < 1.29 is 0 Å². The Morgan fingerprint density at radius 1 is 1.06 bits per heavy atom. The highest BCUT2D eigenvalue weighted by molar-refractivity contribution is 5.28. The third-order valence-corrected chi connectivity index (χ3v) is 5.05. The number of benzene rings is 1. The van der Waals surface area contributed by atoms with E-state index in [1.165, 1.54) is 11.1 Å². The Kier molecular flexibility index (Phi) is 3.52. The van der Waals surface area contributed by atoms with Crippen LogP contribution in [0.25, 0.3) is 0 Å². The van der Waals surface area contributed by atoms with Gasteiger partial charge in [-0.3, -0.25) is 0 Å². The Labute approximate surface area is 111 Å². The summed E-state index contributed by atoms with van der Waals surface area (Å²) in [6, 6.07) is 9.21. The molecule has 0 unspecified atom stereocenters. The van der Waals surface area contributed by atoms with Gasteiger partial charge in [0.15, 0.2) is 0 Å². The topological polar surface area (TPSA) is 38.0 Å². The predicted octanol–water partition coefficient (Wildman–Crippen LogP) is 2.71. The number of nitrogens with one attached hydrogen (secondary N) is 1. The van der Waals surface area contributed by atoms with Gasteiger partial charge in [0.25, 0.3) is 0 Å². The average molecular weight is 246 g/mol. The summed E-state index contributed by atoms with van der Waals surface area (Å²) in [5, 5.41) is 3.71. The molecule has 18 heavy (non-hydrogen) atoms. The Morgan fingerprint density at radius 2 is 1.61 bits per heavy atom. The van der Waals surface area contributed by atoms with E-state index in [4.69, 9.17) is 5.73 Å². The van der Waals surface area contributed by atoms with Gasteiger partial charge in [0, 0.05) is 12.6 Å². The summed E-state index contributed by atoms with van der Waals surface area (Å²) in [6.07, 6.45) is 0.968. The molecule has 0 spiro atoms. The van der Waals surface area contributed by atoms with Gasteiger partial charge in [-0.1, -0.05) is 52.0 Å². The van der Waals surface area contributed by atoms with Crippen molar-refractivity contribution in [3.8, 4) is 0 Å². The van der Waals surface area contributed by atoms with Crippen molar-refractivity contribution in [2.75, 3.05) is 6.54 Å². The molecule has 2 rings (SSSR count). The molecule has 2 nitrogen and oxygen atoms in total.